The summed E-state index contributed by atoms with van der Waals surface area (Å²) in [6.07, 6.45) is 1.46. The van der Waals surface area contributed by atoms with Gasteiger partial charge in [-0.15, -0.1) is 0 Å². The lowest BCUT2D eigenvalue weighted by molar-refractivity contribution is -0.140. The van der Waals surface area contributed by atoms with Crippen LogP contribution in [0.4, 0.5) is 5.69 Å². The fraction of sp³-hybridized carbons (Fsp3) is 0.500. The normalized spacial score (nSPS) is 12.4. The second kappa shape index (κ2) is 13.5. The summed E-state index contributed by atoms with van der Waals surface area (Å²) in [7, 11) is -2.21. The molecule has 2 aromatic rings. The Morgan fingerprint density at radius 2 is 1.68 bits per heavy atom. The molecular weight excluding hydrogens is 490 g/mol. The van der Waals surface area contributed by atoms with Crippen molar-refractivity contribution in [3.05, 3.63) is 59.7 Å². The topological polar surface area (TPSA) is 96.0 Å². The van der Waals surface area contributed by atoms with Crippen molar-refractivity contribution in [2.75, 3.05) is 30.8 Å². The molecule has 37 heavy (non-hydrogen) atoms. The number of ether oxygens (including phenoxy) is 1. The molecular formula is C28H41N3O5S. The average Bonchev–Trinajstić information content (AvgIpc) is 2.85. The number of hydrogen-bond donors (Lipinski definition) is 1. The first-order chi connectivity index (χ1) is 17.4. The molecule has 0 fully saturated rings. The summed E-state index contributed by atoms with van der Waals surface area (Å²) in [5.74, 6) is 0.437. The SMILES string of the molecule is CC[C@@H](C(=O)NCC(C)C)N(Cc1cccc(OC)c1)C(=O)CN(c1ccc(C(C)C)cc1)S(C)(=O)=O. The van der Waals surface area contributed by atoms with Gasteiger partial charge in [-0.3, -0.25) is 13.9 Å². The van der Waals surface area contributed by atoms with Gasteiger partial charge in [0.2, 0.25) is 21.8 Å². The number of benzene rings is 2. The van der Waals surface area contributed by atoms with Gasteiger partial charge in [-0.25, -0.2) is 8.42 Å². The Hall–Kier alpha value is -3.07. The molecule has 0 saturated heterocycles. The molecule has 0 heterocycles. The smallest absolute Gasteiger partial charge is 0.244 e. The van der Waals surface area contributed by atoms with Gasteiger partial charge in [0.25, 0.3) is 0 Å². The Bertz CT molecular complexity index is 1150. The van der Waals surface area contributed by atoms with Crippen LogP contribution in [-0.2, 0) is 26.2 Å². The van der Waals surface area contributed by atoms with Crippen LogP contribution in [0.2, 0.25) is 0 Å². The van der Waals surface area contributed by atoms with Crippen LogP contribution in [0.25, 0.3) is 0 Å². The minimum Gasteiger partial charge on any atom is -0.497 e. The van der Waals surface area contributed by atoms with E-state index < -0.39 is 28.5 Å². The van der Waals surface area contributed by atoms with Crippen LogP contribution in [0.15, 0.2) is 48.5 Å². The average molecular weight is 532 g/mol. The molecule has 0 unspecified atom stereocenters. The van der Waals surface area contributed by atoms with Crippen molar-refractivity contribution in [2.24, 2.45) is 5.92 Å². The highest BCUT2D eigenvalue weighted by atomic mass is 32.2. The summed E-state index contributed by atoms with van der Waals surface area (Å²) in [4.78, 5) is 28.4. The lowest BCUT2D eigenvalue weighted by Gasteiger charge is -2.33. The van der Waals surface area contributed by atoms with E-state index >= 15 is 0 Å². The number of carbonyl (C=O) groups is 2. The van der Waals surface area contributed by atoms with E-state index in [-0.39, 0.29) is 24.3 Å². The van der Waals surface area contributed by atoms with Gasteiger partial charge in [-0.05, 0) is 53.6 Å². The molecule has 2 amide bonds. The van der Waals surface area contributed by atoms with Crippen LogP contribution in [0.5, 0.6) is 5.75 Å². The fourth-order valence-corrected chi connectivity index (χ4v) is 4.80. The monoisotopic (exact) mass is 531 g/mol. The zero-order valence-electron chi connectivity index (χ0n) is 23.0. The number of nitrogens with one attached hydrogen (secondary N) is 1. The van der Waals surface area contributed by atoms with Crippen molar-refractivity contribution in [1.29, 1.82) is 0 Å². The van der Waals surface area contributed by atoms with Crippen LogP contribution in [-0.4, -0.2) is 57.6 Å². The van der Waals surface area contributed by atoms with Crippen LogP contribution < -0.4 is 14.4 Å². The summed E-state index contributed by atoms with van der Waals surface area (Å²) >= 11 is 0. The molecule has 2 rings (SSSR count). The molecule has 0 spiro atoms. The molecule has 9 heteroatoms. The quantitative estimate of drug-likeness (QED) is 0.419. The molecule has 0 radical (unpaired) electrons. The van der Waals surface area contributed by atoms with Crippen molar-refractivity contribution in [3.8, 4) is 5.75 Å². The lowest BCUT2D eigenvalue weighted by Crippen LogP contribution is -2.52. The molecule has 0 saturated carbocycles. The van der Waals surface area contributed by atoms with E-state index in [2.05, 4.69) is 19.2 Å². The molecule has 204 valence electrons. The Morgan fingerprint density at radius 1 is 1.03 bits per heavy atom. The van der Waals surface area contributed by atoms with E-state index in [1.807, 2.05) is 45.0 Å². The van der Waals surface area contributed by atoms with Crippen molar-refractivity contribution in [1.82, 2.24) is 10.2 Å². The highest BCUT2D eigenvalue weighted by Gasteiger charge is 2.31. The minimum absolute atomic E-state index is 0.132. The second-order valence-electron chi connectivity index (χ2n) is 9.95. The van der Waals surface area contributed by atoms with Crippen molar-refractivity contribution >= 4 is 27.5 Å². The van der Waals surface area contributed by atoms with E-state index in [1.165, 1.54) is 4.90 Å². The predicted octanol–water partition coefficient (Wildman–Crippen LogP) is 4.16. The highest BCUT2D eigenvalue weighted by molar-refractivity contribution is 7.92. The van der Waals surface area contributed by atoms with E-state index in [1.54, 1.807) is 31.4 Å². The molecule has 0 aliphatic carbocycles. The number of methoxy groups -OCH3 is 1. The largest absolute Gasteiger partial charge is 0.497 e. The molecule has 0 bridgehead atoms. The number of sulfonamides is 1. The number of nitrogens with zero attached hydrogens (tertiary/aromatic N) is 2. The maximum atomic E-state index is 13.8. The summed E-state index contributed by atoms with van der Waals surface area (Å²) in [5, 5.41) is 2.92. The Balaban J connectivity index is 2.43. The van der Waals surface area contributed by atoms with Crippen LogP contribution in [0, 0.1) is 5.92 Å². The molecule has 2 aromatic carbocycles. The minimum atomic E-state index is -3.77. The van der Waals surface area contributed by atoms with Crippen LogP contribution in [0.3, 0.4) is 0 Å². The van der Waals surface area contributed by atoms with Gasteiger partial charge in [0, 0.05) is 13.1 Å². The third-order valence-corrected chi connectivity index (χ3v) is 7.23. The first kappa shape index (κ1) is 30.2. The third-order valence-electron chi connectivity index (χ3n) is 6.08. The number of amides is 2. The van der Waals surface area contributed by atoms with E-state index in [4.69, 9.17) is 4.74 Å². The first-order valence-corrected chi connectivity index (χ1v) is 14.5. The Morgan fingerprint density at radius 3 is 2.19 bits per heavy atom. The Kier molecular flexibility index (Phi) is 11.0. The Labute approximate surface area is 222 Å². The summed E-state index contributed by atoms with van der Waals surface area (Å²) < 4.78 is 31.9. The zero-order chi connectivity index (χ0) is 27.8. The van der Waals surface area contributed by atoms with Gasteiger partial charge in [0.05, 0.1) is 19.1 Å². The van der Waals surface area contributed by atoms with Gasteiger partial charge in [-0.1, -0.05) is 58.9 Å². The van der Waals surface area contributed by atoms with Crippen molar-refractivity contribution in [2.45, 2.75) is 59.5 Å². The molecule has 0 aliphatic rings. The molecule has 1 N–H and O–H groups in total. The van der Waals surface area contributed by atoms with E-state index in [0.29, 0.717) is 24.4 Å². The number of carbonyl (C=O) groups excluding carboxylic acids is 2. The standard InChI is InChI=1S/C28H41N3O5S/c1-8-26(28(33)29-17-20(2)3)30(18-22-10-9-11-25(16-22)36-6)27(32)19-31(37(7,34)35)24-14-12-23(13-15-24)21(4)5/h9-16,20-21,26H,8,17-19H2,1-7H3,(H,29,33)/t26-/m0/s1. The predicted molar refractivity (Wildman–Crippen MR) is 148 cm³/mol. The summed E-state index contributed by atoms with van der Waals surface area (Å²) in [5.41, 5.74) is 2.24. The first-order valence-electron chi connectivity index (χ1n) is 12.6. The van der Waals surface area contributed by atoms with Gasteiger partial charge < -0.3 is 15.0 Å². The molecule has 8 nitrogen and oxygen atoms in total. The lowest BCUT2D eigenvalue weighted by atomic mass is 10.0. The number of anilines is 1. The zero-order valence-corrected chi connectivity index (χ0v) is 23.8. The molecule has 0 aliphatic heterocycles. The number of hydrogen-bond acceptors (Lipinski definition) is 5. The van der Waals surface area contributed by atoms with Crippen LogP contribution in [0.1, 0.15) is 58.1 Å². The molecule has 1 atom stereocenters. The van der Waals surface area contributed by atoms with Gasteiger partial charge in [-0.2, -0.15) is 0 Å². The maximum absolute atomic E-state index is 13.8. The van der Waals surface area contributed by atoms with Crippen molar-refractivity contribution < 1.29 is 22.7 Å². The van der Waals surface area contributed by atoms with E-state index in [9.17, 15) is 18.0 Å². The van der Waals surface area contributed by atoms with E-state index in [0.717, 1.165) is 21.7 Å². The van der Waals surface area contributed by atoms with Gasteiger partial charge in [0.15, 0.2) is 0 Å². The van der Waals surface area contributed by atoms with Gasteiger partial charge >= 0.3 is 0 Å². The van der Waals surface area contributed by atoms with Gasteiger partial charge in [0.1, 0.15) is 18.3 Å². The molecule has 0 aromatic heterocycles. The van der Waals surface area contributed by atoms with Crippen molar-refractivity contribution in [3.63, 3.8) is 0 Å². The van der Waals surface area contributed by atoms with Crippen LogP contribution >= 0.6 is 0 Å². The summed E-state index contributed by atoms with van der Waals surface area (Å²) in [6.45, 7) is 10.1. The fourth-order valence-electron chi connectivity index (χ4n) is 3.95. The third kappa shape index (κ3) is 8.77. The highest BCUT2D eigenvalue weighted by Crippen LogP contribution is 2.23. The summed E-state index contributed by atoms with van der Waals surface area (Å²) in [6, 6.07) is 13.7. The number of rotatable bonds is 13. The second-order valence-corrected chi connectivity index (χ2v) is 11.9. The maximum Gasteiger partial charge on any atom is 0.244 e.